The molecule has 0 radical (unpaired) electrons. The van der Waals surface area contributed by atoms with Crippen molar-refractivity contribution in [2.75, 3.05) is 7.11 Å². The molecule has 0 spiro atoms. The quantitative estimate of drug-likeness (QED) is 0.900. The Labute approximate surface area is 109 Å². The monoisotopic (exact) mass is 263 g/mol. The number of nitrogens with zero attached hydrogens (tertiary/aromatic N) is 1. The highest BCUT2D eigenvalue weighted by atomic mass is 32.1. The number of thiazole rings is 1. The summed E-state index contributed by atoms with van der Waals surface area (Å²) in [6.45, 7) is 0.407. The molecular weight excluding hydrogens is 250 g/mol. The first-order valence-electron chi connectivity index (χ1n) is 5.45. The molecule has 0 unspecified atom stereocenters. The van der Waals surface area contributed by atoms with Gasteiger partial charge in [0.1, 0.15) is 5.01 Å². The van der Waals surface area contributed by atoms with Crippen LogP contribution in [0.2, 0.25) is 0 Å². The Balaban J connectivity index is 2.40. The number of aliphatic carboxylic acids is 1. The molecule has 94 valence electrons. The van der Waals surface area contributed by atoms with Gasteiger partial charge in [0.15, 0.2) is 0 Å². The molecule has 5 heteroatoms. The minimum Gasteiger partial charge on any atom is -0.481 e. The van der Waals surface area contributed by atoms with Gasteiger partial charge in [-0.05, 0) is 0 Å². The standard InChI is InChI=1S/C13H13NO3S/c1-17-8-11-14-13(9-5-3-2-4-6-9)10(18-11)7-12(15)16/h2-6H,7-8H2,1H3,(H,15,16). The van der Waals surface area contributed by atoms with E-state index >= 15 is 0 Å². The zero-order valence-electron chi connectivity index (χ0n) is 9.92. The third-order valence-corrected chi connectivity index (χ3v) is 3.40. The van der Waals surface area contributed by atoms with E-state index in [1.807, 2.05) is 30.3 Å². The minimum atomic E-state index is -0.847. The van der Waals surface area contributed by atoms with E-state index in [1.165, 1.54) is 11.3 Å². The van der Waals surface area contributed by atoms with Crippen LogP contribution in [-0.4, -0.2) is 23.2 Å². The Morgan fingerprint density at radius 3 is 2.72 bits per heavy atom. The average Bonchev–Trinajstić information content (AvgIpc) is 2.73. The van der Waals surface area contributed by atoms with Crippen molar-refractivity contribution in [3.05, 3.63) is 40.2 Å². The average molecular weight is 263 g/mol. The second kappa shape index (κ2) is 5.75. The number of rotatable bonds is 5. The lowest BCUT2D eigenvalue weighted by Gasteiger charge is -1.99. The molecule has 0 atom stereocenters. The molecule has 1 aromatic carbocycles. The van der Waals surface area contributed by atoms with Gasteiger partial charge < -0.3 is 9.84 Å². The Morgan fingerprint density at radius 1 is 1.39 bits per heavy atom. The fraction of sp³-hybridized carbons (Fsp3) is 0.231. The molecule has 0 aliphatic carbocycles. The lowest BCUT2D eigenvalue weighted by molar-refractivity contribution is -0.136. The molecule has 4 nitrogen and oxygen atoms in total. The van der Waals surface area contributed by atoms with Crippen molar-refractivity contribution in [2.24, 2.45) is 0 Å². The van der Waals surface area contributed by atoms with Crippen LogP contribution in [0.25, 0.3) is 11.3 Å². The molecule has 0 amide bonds. The van der Waals surface area contributed by atoms with Gasteiger partial charge in [-0.1, -0.05) is 30.3 Å². The van der Waals surface area contributed by atoms with Crippen LogP contribution in [0.5, 0.6) is 0 Å². The summed E-state index contributed by atoms with van der Waals surface area (Å²) in [5, 5.41) is 9.72. The second-order valence-corrected chi connectivity index (χ2v) is 4.92. The number of carboxylic acids is 1. The number of hydrogen-bond acceptors (Lipinski definition) is 4. The molecule has 2 rings (SSSR count). The van der Waals surface area contributed by atoms with Crippen molar-refractivity contribution in [1.82, 2.24) is 4.98 Å². The molecule has 2 aromatic rings. The van der Waals surface area contributed by atoms with E-state index in [1.54, 1.807) is 7.11 Å². The first kappa shape index (κ1) is 12.7. The van der Waals surface area contributed by atoms with E-state index in [-0.39, 0.29) is 6.42 Å². The third kappa shape index (κ3) is 2.94. The highest BCUT2D eigenvalue weighted by molar-refractivity contribution is 7.12. The topological polar surface area (TPSA) is 59.4 Å². The summed E-state index contributed by atoms with van der Waals surface area (Å²) in [5.74, 6) is -0.847. The van der Waals surface area contributed by atoms with E-state index in [2.05, 4.69) is 4.98 Å². The molecule has 0 bridgehead atoms. The summed E-state index contributed by atoms with van der Waals surface area (Å²) in [5.41, 5.74) is 1.68. The van der Waals surface area contributed by atoms with Gasteiger partial charge in [-0.25, -0.2) is 4.98 Å². The summed E-state index contributed by atoms with van der Waals surface area (Å²) in [6.07, 6.45) is -0.00832. The zero-order chi connectivity index (χ0) is 13.0. The van der Waals surface area contributed by atoms with Crippen molar-refractivity contribution in [3.63, 3.8) is 0 Å². The summed E-state index contributed by atoms with van der Waals surface area (Å²) in [7, 11) is 1.60. The van der Waals surface area contributed by atoms with Crippen molar-refractivity contribution in [1.29, 1.82) is 0 Å². The molecule has 0 saturated heterocycles. The maximum absolute atomic E-state index is 10.9. The van der Waals surface area contributed by atoms with Crippen LogP contribution < -0.4 is 0 Å². The summed E-state index contributed by atoms with van der Waals surface area (Å²) < 4.78 is 5.04. The van der Waals surface area contributed by atoms with Gasteiger partial charge in [0.05, 0.1) is 18.7 Å². The molecule has 1 aromatic heterocycles. The maximum atomic E-state index is 10.9. The lowest BCUT2D eigenvalue weighted by Crippen LogP contribution is -1.99. The number of aromatic nitrogens is 1. The predicted molar refractivity (Wildman–Crippen MR) is 69.6 cm³/mol. The van der Waals surface area contributed by atoms with Gasteiger partial charge >= 0.3 is 5.97 Å². The number of carboxylic acid groups (broad SMARTS) is 1. The van der Waals surface area contributed by atoms with Gasteiger partial charge in [0.25, 0.3) is 0 Å². The van der Waals surface area contributed by atoms with Crippen LogP contribution in [0.1, 0.15) is 9.88 Å². The first-order valence-corrected chi connectivity index (χ1v) is 6.27. The lowest BCUT2D eigenvalue weighted by atomic mass is 10.1. The van der Waals surface area contributed by atoms with Gasteiger partial charge in [0, 0.05) is 17.6 Å². The van der Waals surface area contributed by atoms with Crippen LogP contribution in [0.4, 0.5) is 0 Å². The SMILES string of the molecule is COCc1nc(-c2ccccc2)c(CC(=O)O)s1. The Morgan fingerprint density at radius 2 is 2.11 bits per heavy atom. The Hall–Kier alpha value is -1.72. The van der Waals surface area contributed by atoms with Crippen molar-refractivity contribution in [2.45, 2.75) is 13.0 Å². The predicted octanol–water partition coefficient (Wildman–Crippen LogP) is 2.58. The third-order valence-electron chi connectivity index (χ3n) is 2.37. The van der Waals surface area contributed by atoms with Gasteiger partial charge in [-0.2, -0.15) is 0 Å². The van der Waals surface area contributed by atoms with Gasteiger partial charge in [0.2, 0.25) is 0 Å². The van der Waals surface area contributed by atoms with E-state index in [9.17, 15) is 4.79 Å². The number of methoxy groups -OCH3 is 1. The number of benzene rings is 1. The summed E-state index contributed by atoms with van der Waals surface area (Å²) >= 11 is 1.39. The second-order valence-electron chi connectivity index (χ2n) is 3.75. The van der Waals surface area contributed by atoms with Crippen LogP contribution in [-0.2, 0) is 22.6 Å². The smallest absolute Gasteiger partial charge is 0.308 e. The Bertz CT molecular complexity index is 536. The number of hydrogen-bond donors (Lipinski definition) is 1. The molecule has 0 aliphatic rings. The minimum absolute atomic E-state index is 0.00832. The van der Waals surface area contributed by atoms with E-state index < -0.39 is 5.97 Å². The normalized spacial score (nSPS) is 10.5. The highest BCUT2D eigenvalue weighted by Gasteiger charge is 2.15. The van der Waals surface area contributed by atoms with E-state index in [0.29, 0.717) is 6.61 Å². The molecule has 0 fully saturated rings. The molecular formula is C13H13NO3S. The maximum Gasteiger partial charge on any atom is 0.308 e. The van der Waals surface area contributed by atoms with Gasteiger partial charge in [-0.3, -0.25) is 4.79 Å². The highest BCUT2D eigenvalue weighted by Crippen LogP contribution is 2.29. The van der Waals surface area contributed by atoms with Crippen molar-refractivity contribution < 1.29 is 14.6 Å². The summed E-state index contributed by atoms with van der Waals surface area (Å²) in [6, 6.07) is 9.60. The zero-order valence-corrected chi connectivity index (χ0v) is 10.7. The van der Waals surface area contributed by atoms with Crippen molar-refractivity contribution >= 4 is 17.3 Å². The first-order chi connectivity index (χ1) is 8.70. The van der Waals surface area contributed by atoms with Crippen molar-refractivity contribution in [3.8, 4) is 11.3 Å². The van der Waals surface area contributed by atoms with Crippen LogP contribution >= 0.6 is 11.3 Å². The van der Waals surface area contributed by atoms with E-state index in [4.69, 9.17) is 9.84 Å². The number of carbonyl (C=O) groups is 1. The Kier molecular flexibility index (Phi) is 4.07. The van der Waals surface area contributed by atoms with Crippen LogP contribution in [0, 0.1) is 0 Å². The fourth-order valence-corrected chi connectivity index (χ4v) is 2.72. The largest absolute Gasteiger partial charge is 0.481 e. The molecule has 0 aliphatic heterocycles. The molecule has 1 heterocycles. The molecule has 1 N–H and O–H groups in total. The molecule has 18 heavy (non-hydrogen) atoms. The fourth-order valence-electron chi connectivity index (χ4n) is 1.66. The summed E-state index contributed by atoms with van der Waals surface area (Å²) in [4.78, 5) is 16.1. The van der Waals surface area contributed by atoms with Crippen LogP contribution in [0.15, 0.2) is 30.3 Å². The van der Waals surface area contributed by atoms with Gasteiger partial charge in [-0.15, -0.1) is 11.3 Å². The number of ether oxygens (including phenoxy) is 1. The molecule has 0 saturated carbocycles. The van der Waals surface area contributed by atoms with E-state index in [0.717, 1.165) is 21.1 Å². The van der Waals surface area contributed by atoms with Crippen LogP contribution in [0.3, 0.4) is 0 Å².